The molecule has 0 aliphatic heterocycles. The molecule has 2 aromatic rings. The van der Waals surface area contributed by atoms with E-state index in [4.69, 9.17) is 0 Å². The van der Waals surface area contributed by atoms with Crippen LogP contribution in [0.25, 0.3) is 0 Å². The van der Waals surface area contributed by atoms with Crippen molar-refractivity contribution in [3.63, 3.8) is 0 Å². The molecule has 3 heteroatoms. The first-order chi connectivity index (χ1) is 11.3. The number of hydrogen-bond acceptors (Lipinski definition) is 2. The average molecular weight is 310 g/mol. The Bertz CT molecular complexity index is 578. The van der Waals surface area contributed by atoms with E-state index >= 15 is 0 Å². The number of hydrogen-bond donors (Lipinski definition) is 2. The third-order valence-corrected chi connectivity index (χ3v) is 3.85. The Morgan fingerprint density at radius 3 is 2.30 bits per heavy atom. The molecule has 0 radical (unpaired) electrons. The predicted octanol–water partition coefficient (Wildman–Crippen LogP) is 3.80. The normalized spacial score (nSPS) is 10.3. The fourth-order valence-corrected chi connectivity index (χ4v) is 2.39. The molecule has 0 atom stereocenters. The lowest BCUT2D eigenvalue weighted by atomic mass is 10.1. The van der Waals surface area contributed by atoms with Crippen molar-refractivity contribution in [3.8, 4) is 0 Å². The van der Waals surface area contributed by atoms with Gasteiger partial charge in [0.1, 0.15) is 0 Å². The lowest BCUT2D eigenvalue weighted by Crippen LogP contribution is -2.26. The number of amides is 1. The van der Waals surface area contributed by atoms with Crippen LogP contribution in [0.15, 0.2) is 54.6 Å². The van der Waals surface area contributed by atoms with Crippen LogP contribution in [-0.4, -0.2) is 19.0 Å². The number of carbonyl (C=O) groups is 1. The minimum absolute atomic E-state index is 0.129. The van der Waals surface area contributed by atoms with Gasteiger partial charge in [-0.15, -0.1) is 0 Å². The highest BCUT2D eigenvalue weighted by Crippen LogP contribution is 2.07. The molecule has 1 amide bonds. The quantitative estimate of drug-likeness (QED) is 0.692. The number of anilines is 1. The van der Waals surface area contributed by atoms with Crippen LogP contribution in [0.3, 0.4) is 0 Å². The molecule has 0 saturated carbocycles. The molecular weight excluding hydrogens is 284 g/mol. The topological polar surface area (TPSA) is 41.1 Å². The van der Waals surface area contributed by atoms with E-state index in [0.29, 0.717) is 13.0 Å². The molecule has 0 aliphatic rings. The van der Waals surface area contributed by atoms with E-state index in [1.807, 2.05) is 30.3 Å². The summed E-state index contributed by atoms with van der Waals surface area (Å²) >= 11 is 0. The highest BCUT2D eigenvalue weighted by atomic mass is 16.1. The fourth-order valence-electron chi connectivity index (χ4n) is 2.39. The number of rotatable bonds is 9. The lowest BCUT2D eigenvalue weighted by Gasteiger charge is -2.08. The minimum Gasteiger partial charge on any atom is -0.385 e. The Morgan fingerprint density at radius 2 is 1.61 bits per heavy atom. The molecule has 0 unspecified atom stereocenters. The highest BCUT2D eigenvalue weighted by Gasteiger charge is 2.02. The third-order valence-electron chi connectivity index (χ3n) is 3.85. The van der Waals surface area contributed by atoms with E-state index in [0.717, 1.165) is 31.5 Å². The van der Waals surface area contributed by atoms with Gasteiger partial charge in [-0.25, -0.2) is 0 Å². The average Bonchev–Trinajstić information content (AvgIpc) is 2.61. The van der Waals surface area contributed by atoms with Gasteiger partial charge in [0.2, 0.25) is 5.91 Å². The summed E-state index contributed by atoms with van der Waals surface area (Å²) in [6, 6.07) is 18.6. The number of aryl methyl sites for hydroxylation is 2. The van der Waals surface area contributed by atoms with Crippen molar-refractivity contribution in [1.82, 2.24) is 5.32 Å². The lowest BCUT2D eigenvalue weighted by molar-refractivity contribution is -0.121. The van der Waals surface area contributed by atoms with E-state index in [2.05, 4.69) is 41.8 Å². The van der Waals surface area contributed by atoms with Gasteiger partial charge < -0.3 is 10.6 Å². The summed E-state index contributed by atoms with van der Waals surface area (Å²) in [5.41, 5.74) is 3.68. The Morgan fingerprint density at radius 1 is 0.913 bits per heavy atom. The SMILES string of the molecule is CCc1ccc(CCC(=O)NCCCNc2ccccc2)cc1. The van der Waals surface area contributed by atoms with E-state index < -0.39 is 0 Å². The van der Waals surface area contributed by atoms with Crippen molar-refractivity contribution in [2.75, 3.05) is 18.4 Å². The smallest absolute Gasteiger partial charge is 0.220 e. The first-order valence-corrected chi connectivity index (χ1v) is 8.41. The van der Waals surface area contributed by atoms with E-state index in [1.54, 1.807) is 0 Å². The Hall–Kier alpha value is -2.29. The maximum Gasteiger partial charge on any atom is 0.220 e. The molecule has 0 aliphatic carbocycles. The van der Waals surface area contributed by atoms with Crippen LogP contribution in [0.4, 0.5) is 5.69 Å². The van der Waals surface area contributed by atoms with E-state index in [9.17, 15) is 4.79 Å². The molecule has 2 N–H and O–H groups in total. The Labute approximate surface area is 139 Å². The van der Waals surface area contributed by atoms with Gasteiger partial charge in [-0.05, 0) is 42.5 Å². The Kier molecular flexibility index (Phi) is 7.18. The van der Waals surface area contributed by atoms with Crippen molar-refractivity contribution in [1.29, 1.82) is 0 Å². The number of carbonyl (C=O) groups excluding carboxylic acids is 1. The van der Waals surface area contributed by atoms with Crippen LogP contribution in [0.1, 0.15) is 30.9 Å². The first-order valence-electron chi connectivity index (χ1n) is 8.41. The molecule has 0 heterocycles. The first kappa shape index (κ1) is 17.1. The van der Waals surface area contributed by atoms with Crippen molar-refractivity contribution in [2.45, 2.75) is 32.6 Å². The summed E-state index contributed by atoms with van der Waals surface area (Å²) in [5, 5.41) is 6.32. The second-order valence-electron chi connectivity index (χ2n) is 5.67. The van der Waals surface area contributed by atoms with Crippen molar-refractivity contribution < 1.29 is 4.79 Å². The maximum absolute atomic E-state index is 11.8. The zero-order chi connectivity index (χ0) is 16.3. The molecule has 3 nitrogen and oxygen atoms in total. The van der Waals surface area contributed by atoms with Crippen molar-refractivity contribution >= 4 is 11.6 Å². The van der Waals surface area contributed by atoms with Crippen LogP contribution in [0.5, 0.6) is 0 Å². The molecule has 0 aromatic heterocycles. The molecule has 0 fully saturated rings. The minimum atomic E-state index is 0.129. The van der Waals surface area contributed by atoms with Crippen LogP contribution >= 0.6 is 0 Å². The van der Waals surface area contributed by atoms with Gasteiger partial charge in [-0.1, -0.05) is 49.4 Å². The zero-order valence-corrected chi connectivity index (χ0v) is 13.8. The fraction of sp³-hybridized carbons (Fsp3) is 0.350. The van der Waals surface area contributed by atoms with E-state index in [1.165, 1.54) is 11.1 Å². The van der Waals surface area contributed by atoms with Crippen LogP contribution < -0.4 is 10.6 Å². The zero-order valence-electron chi connectivity index (χ0n) is 13.8. The monoisotopic (exact) mass is 310 g/mol. The van der Waals surface area contributed by atoms with Crippen LogP contribution in [0, 0.1) is 0 Å². The molecule has 2 rings (SSSR count). The molecule has 23 heavy (non-hydrogen) atoms. The number of benzene rings is 2. The van der Waals surface area contributed by atoms with Gasteiger partial charge in [-0.2, -0.15) is 0 Å². The summed E-state index contributed by atoms with van der Waals surface area (Å²) in [5.74, 6) is 0.129. The second-order valence-corrected chi connectivity index (χ2v) is 5.67. The van der Waals surface area contributed by atoms with Crippen molar-refractivity contribution in [3.05, 3.63) is 65.7 Å². The molecule has 0 spiro atoms. The summed E-state index contributed by atoms with van der Waals surface area (Å²) in [6.45, 7) is 3.73. The summed E-state index contributed by atoms with van der Waals surface area (Å²) in [6.07, 6.45) is 3.33. The standard InChI is InChI=1S/C20H26N2O/c1-2-17-9-11-18(12-10-17)13-14-20(23)22-16-6-15-21-19-7-4-3-5-8-19/h3-5,7-12,21H,2,6,13-16H2,1H3,(H,22,23). The number of nitrogens with one attached hydrogen (secondary N) is 2. The highest BCUT2D eigenvalue weighted by molar-refractivity contribution is 5.76. The van der Waals surface area contributed by atoms with Gasteiger partial charge in [0.25, 0.3) is 0 Å². The summed E-state index contributed by atoms with van der Waals surface area (Å²) in [4.78, 5) is 11.8. The van der Waals surface area contributed by atoms with E-state index in [-0.39, 0.29) is 5.91 Å². The molecular formula is C20H26N2O. The summed E-state index contributed by atoms with van der Waals surface area (Å²) in [7, 11) is 0. The number of para-hydroxylation sites is 1. The third kappa shape index (κ3) is 6.55. The van der Waals surface area contributed by atoms with Gasteiger partial charge in [0.05, 0.1) is 0 Å². The molecule has 2 aromatic carbocycles. The van der Waals surface area contributed by atoms with Crippen molar-refractivity contribution in [2.24, 2.45) is 0 Å². The largest absolute Gasteiger partial charge is 0.385 e. The Balaban J connectivity index is 1.56. The predicted molar refractivity (Wildman–Crippen MR) is 96.7 cm³/mol. The maximum atomic E-state index is 11.8. The van der Waals surface area contributed by atoms with Crippen LogP contribution in [0.2, 0.25) is 0 Å². The van der Waals surface area contributed by atoms with Gasteiger partial charge in [0, 0.05) is 25.2 Å². The molecule has 0 bridgehead atoms. The van der Waals surface area contributed by atoms with Gasteiger partial charge in [-0.3, -0.25) is 4.79 Å². The van der Waals surface area contributed by atoms with Crippen LogP contribution in [-0.2, 0) is 17.6 Å². The molecule has 0 saturated heterocycles. The summed E-state index contributed by atoms with van der Waals surface area (Å²) < 4.78 is 0. The van der Waals surface area contributed by atoms with Gasteiger partial charge in [0.15, 0.2) is 0 Å². The van der Waals surface area contributed by atoms with Gasteiger partial charge >= 0.3 is 0 Å². The second kappa shape index (κ2) is 9.67. The molecule has 122 valence electrons.